The van der Waals surface area contributed by atoms with E-state index in [1.807, 2.05) is 6.07 Å². The van der Waals surface area contributed by atoms with Gasteiger partial charge in [-0.2, -0.15) is 5.26 Å². The van der Waals surface area contributed by atoms with Gasteiger partial charge in [0.1, 0.15) is 0 Å². The summed E-state index contributed by atoms with van der Waals surface area (Å²) in [6, 6.07) is 11.3. The van der Waals surface area contributed by atoms with Crippen molar-refractivity contribution in [2.24, 2.45) is 0 Å². The van der Waals surface area contributed by atoms with Gasteiger partial charge in [-0.05, 0) is 42.8 Å². The summed E-state index contributed by atoms with van der Waals surface area (Å²) in [6.45, 7) is 1.94. The lowest BCUT2D eigenvalue weighted by Crippen LogP contribution is -2.07. The minimum atomic E-state index is -0.547. The molecule has 0 bridgehead atoms. The molecule has 2 rings (SSSR count). The van der Waals surface area contributed by atoms with Crippen molar-refractivity contribution in [1.29, 1.82) is 5.26 Å². The maximum atomic E-state index is 12.1. The predicted octanol–water partition coefficient (Wildman–Crippen LogP) is 3.84. The van der Waals surface area contributed by atoms with Gasteiger partial charge in [-0.1, -0.05) is 17.7 Å². The summed E-state index contributed by atoms with van der Waals surface area (Å²) < 4.78 is 9.69. The summed E-state index contributed by atoms with van der Waals surface area (Å²) in [5, 5.41) is 9.83. The van der Waals surface area contributed by atoms with Gasteiger partial charge < -0.3 is 9.47 Å². The van der Waals surface area contributed by atoms with E-state index in [9.17, 15) is 14.9 Å². The highest BCUT2D eigenvalue weighted by molar-refractivity contribution is 6.31. The van der Waals surface area contributed by atoms with Gasteiger partial charge in [0.2, 0.25) is 0 Å². The molecule has 0 atom stereocenters. The standard InChI is InChI=1S/C18H14ClNO4/c1-3-24-18(22)15-7-5-13(19)9-16(15)14-6-4-11(17(21)23-2)8-12(14)10-20/h4-9H,3H2,1-2H3. The van der Waals surface area contributed by atoms with Crippen LogP contribution in [0.5, 0.6) is 0 Å². The first-order valence-electron chi connectivity index (χ1n) is 7.11. The third-order valence-corrected chi connectivity index (χ3v) is 3.56. The average molecular weight is 344 g/mol. The Morgan fingerprint density at radius 1 is 1.12 bits per heavy atom. The molecule has 0 saturated carbocycles. The molecule has 0 aliphatic heterocycles. The van der Waals surface area contributed by atoms with Gasteiger partial charge in [-0.25, -0.2) is 9.59 Å². The Bertz CT molecular complexity index is 839. The highest BCUT2D eigenvalue weighted by Gasteiger charge is 2.18. The van der Waals surface area contributed by atoms with E-state index in [0.29, 0.717) is 21.7 Å². The first kappa shape index (κ1) is 17.5. The van der Waals surface area contributed by atoms with Crippen LogP contribution in [0.2, 0.25) is 5.02 Å². The van der Waals surface area contributed by atoms with E-state index in [4.69, 9.17) is 16.3 Å². The molecule has 6 heteroatoms. The second kappa shape index (κ2) is 7.62. The minimum absolute atomic E-state index is 0.228. The normalized spacial score (nSPS) is 9.92. The van der Waals surface area contributed by atoms with Gasteiger partial charge in [0.05, 0.1) is 36.5 Å². The molecular formula is C18H14ClNO4. The molecular weight excluding hydrogens is 330 g/mol. The summed E-state index contributed by atoms with van der Waals surface area (Å²) in [5.41, 5.74) is 1.72. The Morgan fingerprint density at radius 3 is 2.50 bits per heavy atom. The number of methoxy groups -OCH3 is 1. The SMILES string of the molecule is CCOC(=O)c1ccc(Cl)cc1-c1ccc(C(=O)OC)cc1C#N. The lowest BCUT2D eigenvalue weighted by molar-refractivity contribution is 0.0526. The minimum Gasteiger partial charge on any atom is -0.465 e. The van der Waals surface area contributed by atoms with Crippen LogP contribution in [-0.2, 0) is 9.47 Å². The topological polar surface area (TPSA) is 76.4 Å². The van der Waals surface area contributed by atoms with Gasteiger partial charge in [0.25, 0.3) is 0 Å². The molecule has 0 spiro atoms. The van der Waals surface area contributed by atoms with E-state index in [2.05, 4.69) is 4.74 Å². The lowest BCUT2D eigenvalue weighted by atomic mass is 9.94. The Labute approximate surface area is 144 Å². The Balaban J connectivity index is 2.63. The smallest absolute Gasteiger partial charge is 0.338 e. The third-order valence-electron chi connectivity index (χ3n) is 3.33. The van der Waals surface area contributed by atoms with E-state index in [0.717, 1.165) is 0 Å². The molecule has 24 heavy (non-hydrogen) atoms. The zero-order valence-corrected chi connectivity index (χ0v) is 13.9. The Kier molecular flexibility index (Phi) is 5.56. The maximum absolute atomic E-state index is 12.1. The van der Waals surface area contributed by atoms with Crippen LogP contribution < -0.4 is 0 Å². The lowest BCUT2D eigenvalue weighted by Gasteiger charge is -2.12. The van der Waals surface area contributed by atoms with Gasteiger partial charge in [-0.3, -0.25) is 0 Å². The number of nitriles is 1. The maximum Gasteiger partial charge on any atom is 0.338 e. The molecule has 0 aromatic heterocycles. The molecule has 0 amide bonds. The first-order valence-corrected chi connectivity index (χ1v) is 7.49. The number of esters is 2. The van der Waals surface area contributed by atoms with Crippen molar-refractivity contribution in [3.05, 3.63) is 58.1 Å². The van der Waals surface area contributed by atoms with Crippen molar-refractivity contribution >= 4 is 23.5 Å². The van der Waals surface area contributed by atoms with E-state index >= 15 is 0 Å². The molecule has 2 aromatic rings. The number of rotatable bonds is 4. The molecule has 2 aromatic carbocycles. The van der Waals surface area contributed by atoms with Crippen LogP contribution >= 0.6 is 11.6 Å². The molecule has 0 heterocycles. The first-order chi connectivity index (χ1) is 11.5. The summed E-state index contributed by atoms with van der Waals surface area (Å²) in [5.74, 6) is -1.06. The molecule has 0 aliphatic rings. The average Bonchev–Trinajstić information content (AvgIpc) is 2.60. The van der Waals surface area contributed by atoms with Gasteiger partial charge in [-0.15, -0.1) is 0 Å². The fourth-order valence-electron chi connectivity index (χ4n) is 2.24. The van der Waals surface area contributed by atoms with Gasteiger partial charge >= 0.3 is 11.9 Å². The number of ether oxygens (including phenoxy) is 2. The van der Waals surface area contributed by atoms with Crippen LogP contribution in [0.4, 0.5) is 0 Å². The molecule has 5 nitrogen and oxygen atoms in total. The van der Waals surface area contributed by atoms with Crippen LogP contribution in [0.25, 0.3) is 11.1 Å². The summed E-state index contributed by atoms with van der Waals surface area (Å²) in [7, 11) is 1.26. The number of hydrogen-bond donors (Lipinski definition) is 0. The van der Waals surface area contributed by atoms with Crippen molar-refractivity contribution in [2.45, 2.75) is 6.92 Å². The zero-order chi connectivity index (χ0) is 17.7. The van der Waals surface area contributed by atoms with Crippen molar-refractivity contribution in [1.82, 2.24) is 0 Å². The highest BCUT2D eigenvalue weighted by Crippen LogP contribution is 2.31. The van der Waals surface area contributed by atoms with E-state index in [1.54, 1.807) is 31.2 Å². The van der Waals surface area contributed by atoms with E-state index < -0.39 is 11.9 Å². The Hall–Kier alpha value is -2.84. The number of carbonyl (C=O) groups is 2. The molecule has 0 unspecified atom stereocenters. The van der Waals surface area contributed by atoms with Crippen molar-refractivity contribution in [3.8, 4) is 17.2 Å². The van der Waals surface area contributed by atoms with Crippen LogP contribution in [-0.4, -0.2) is 25.7 Å². The number of benzene rings is 2. The number of hydrogen-bond acceptors (Lipinski definition) is 5. The monoisotopic (exact) mass is 343 g/mol. The second-order valence-electron chi connectivity index (χ2n) is 4.77. The van der Waals surface area contributed by atoms with Crippen molar-refractivity contribution in [3.63, 3.8) is 0 Å². The number of halogens is 1. The molecule has 0 N–H and O–H groups in total. The number of nitrogens with zero attached hydrogens (tertiary/aromatic N) is 1. The molecule has 0 radical (unpaired) electrons. The molecule has 0 aliphatic carbocycles. The van der Waals surface area contributed by atoms with Crippen LogP contribution in [0.1, 0.15) is 33.2 Å². The van der Waals surface area contributed by atoms with Crippen LogP contribution in [0, 0.1) is 11.3 Å². The third kappa shape index (κ3) is 3.55. The van der Waals surface area contributed by atoms with E-state index in [-0.39, 0.29) is 17.7 Å². The fourth-order valence-corrected chi connectivity index (χ4v) is 2.41. The summed E-state index contributed by atoms with van der Waals surface area (Å²) >= 11 is 6.04. The van der Waals surface area contributed by atoms with Crippen molar-refractivity contribution in [2.75, 3.05) is 13.7 Å². The summed E-state index contributed by atoms with van der Waals surface area (Å²) in [6.07, 6.45) is 0. The van der Waals surface area contributed by atoms with Crippen LogP contribution in [0.3, 0.4) is 0 Å². The molecule has 122 valence electrons. The van der Waals surface area contributed by atoms with Crippen LogP contribution in [0.15, 0.2) is 36.4 Å². The van der Waals surface area contributed by atoms with E-state index in [1.165, 1.54) is 19.2 Å². The quantitative estimate of drug-likeness (QED) is 0.788. The van der Waals surface area contributed by atoms with Crippen molar-refractivity contribution < 1.29 is 19.1 Å². The molecule has 0 fully saturated rings. The predicted molar refractivity (Wildman–Crippen MR) is 88.9 cm³/mol. The fraction of sp³-hybridized carbons (Fsp3) is 0.167. The zero-order valence-electron chi connectivity index (χ0n) is 13.1. The highest BCUT2D eigenvalue weighted by atomic mass is 35.5. The largest absolute Gasteiger partial charge is 0.465 e. The number of carbonyl (C=O) groups excluding carboxylic acids is 2. The van der Waals surface area contributed by atoms with Gasteiger partial charge in [0.15, 0.2) is 0 Å². The Morgan fingerprint density at radius 2 is 1.88 bits per heavy atom. The molecule has 0 saturated heterocycles. The second-order valence-corrected chi connectivity index (χ2v) is 5.21. The van der Waals surface area contributed by atoms with Gasteiger partial charge in [0, 0.05) is 10.6 Å². The summed E-state index contributed by atoms with van der Waals surface area (Å²) in [4.78, 5) is 23.8.